The van der Waals surface area contributed by atoms with Crippen molar-refractivity contribution in [3.05, 3.63) is 34.3 Å². The second-order valence-corrected chi connectivity index (χ2v) is 6.35. The Morgan fingerprint density at radius 3 is 2.48 bits per heavy atom. The van der Waals surface area contributed by atoms with Crippen molar-refractivity contribution in [2.75, 3.05) is 6.61 Å². The molecule has 116 valence electrons. The predicted molar refractivity (Wildman–Crippen MR) is 84.2 cm³/mol. The quantitative estimate of drug-likeness (QED) is 0.821. The highest BCUT2D eigenvalue weighted by molar-refractivity contribution is 6.31. The summed E-state index contributed by atoms with van der Waals surface area (Å²) in [7, 11) is 0. The van der Waals surface area contributed by atoms with Crippen molar-refractivity contribution in [3.8, 4) is 0 Å². The standard InChI is InChI=1S/C16H23ClN2O2/c17-14-9-12(15(18)20)5-6-13(14)10-21-11-16(19)7-3-1-2-4-8-16/h5-6,9H,1-4,7-8,10-11,19H2,(H2,18,20). The minimum Gasteiger partial charge on any atom is -0.375 e. The number of carbonyl (C=O) groups is 1. The Hall–Kier alpha value is -1.10. The summed E-state index contributed by atoms with van der Waals surface area (Å²) in [6.07, 6.45) is 6.91. The molecule has 0 aliphatic heterocycles. The molecule has 21 heavy (non-hydrogen) atoms. The Morgan fingerprint density at radius 1 is 1.24 bits per heavy atom. The Bertz CT molecular complexity index is 497. The molecule has 4 nitrogen and oxygen atoms in total. The first-order valence-corrected chi connectivity index (χ1v) is 7.83. The van der Waals surface area contributed by atoms with Crippen LogP contribution in [0.4, 0.5) is 0 Å². The monoisotopic (exact) mass is 310 g/mol. The smallest absolute Gasteiger partial charge is 0.248 e. The summed E-state index contributed by atoms with van der Waals surface area (Å²) in [4.78, 5) is 11.1. The lowest BCUT2D eigenvalue weighted by atomic mass is 9.92. The van der Waals surface area contributed by atoms with Crippen LogP contribution in [0.15, 0.2) is 18.2 Å². The van der Waals surface area contributed by atoms with E-state index in [1.807, 2.05) is 0 Å². The summed E-state index contributed by atoms with van der Waals surface area (Å²) in [6, 6.07) is 5.02. The number of carbonyl (C=O) groups excluding carboxylic acids is 1. The van der Waals surface area contributed by atoms with Crippen LogP contribution in [-0.4, -0.2) is 18.1 Å². The van der Waals surface area contributed by atoms with Gasteiger partial charge in [0.2, 0.25) is 5.91 Å². The van der Waals surface area contributed by atoms with Crippen molar-refractivity contribution in [2.24, 2.45) is 11.5 Å². The number of primary amides is 1. The van der Waals surface area contributed by atoms with Crippen LogP contribution in [0.2, 0.25) is 5.02 Å². The molecule has 0 aromatic heterocycles. The third kappa shape index (κ3) is 4.70. The number of rotatable bonds is 5. The summed E-state index contributed by atoms with van der Waals surface area (Å²) >= 11 is 6.14. The molecule has 0 saturated heterocycles. The van der Waals surface area contributed by atoms with E-state index >= 15 is 0 Å². The highest BCUT2D eigenvalue weighted by atomic mass is 35.5. The lowest BCUT2D eigenvalue weighted by Gasteiger charge is -2.27. The zero-order valence-electron chi connectivity index (χ0n) is 12.2. The molecule has 0 spiro atoms. The molecule has 1 aromatic rings. The number of ether oxygens (including phenoxy) is 1. The third-order valence-corrected chi connectivity index (χ3v) is 4.44. The first kappa shape index (κ1) is 16.3. The molecule has 0 unspecified atom stereocenters. The van der Waals surface area contributed by atoms with E-state index < -0.39 is 5.91 Å². The maximum Gasteiger partial charge on any atom is 0.248 e. The lowest BCUT2D eigenvalue weighted by molar-refractivity contribution is 0.0667. The molecule has 4 N–H and O–H groups in total. The zero-order valence-corrected chi connectivity index (χ0v) is 13.0. The van der Waals surface area contributed by atoms with Crippen LogP contribution >= 0.6 is 11.6 Å². The summed E-state index contributed by atoms with van der Waals surface area (Å²) in [6.45, 7) is 0.942. The van der Waals surface area contributed by atoms with Gasteiger partial charge >= 0.3 is 0 Å². The van der Waals surface area contributed by atoms with Gasteiger partial charge in [-0.1, -0.05) is 43.4 Å². The Kier molecular flexibility index (Phi) is 5.62. The zero-order chi connectivity index (χ0) is 15.3. The maximum atomic E-state index is 11.1. The molecule has 0 heterocycles. The molecule has 5 heteroatoms. The average molecular weight is 311 g/mol. The highest BCUT2D eigenvalue weighted by Gasteiger charge is 2.26. The Balaban J connectivity index is 1.89. The van der Waals surface area contributed by atoms with E-state index in [1.54, 1.807) is 18.2 Å². The van der Waals surface area contributed by atoms with Crippen molar-refractivity contribution in [3.63, 3.8) is 0 Å². The number of nitrogens with two attached hydrogens (primary N) is 2. The summed E-state index contributed by atoms with van der Waals surface area (Å²) < 4.78 is 5.77. The van der Waals surface area contributed by atoms with E-state index in [2.05, 4.69) is 0 Å². The van der Waals surface area contributed by atoms with Crippen molar-refractivity contribution in [2.45, 2.75) is 50.7 Å². The molecule has 1 fully saturated rings. The Labute approximate surface area is 130 Å². The van der Waals surface area contributed by atoms with Crippen molar-refractivity contribution in [1.82, 2.24) is 0 Å². The number of amides is 1. The molecule has 0 atom stereocenters. The van der Waals surface area contributed by atoms with Gasteiger partial charge in [0.25, 0.3) is 0 Å². The summed E-state index contributed by atoms with van der Waals surface area (Å²) in [5.74, 6) is -0.483. The second kappa shape index (κ2) is 7.25. The van der Waals surface area contributed by atoms with Gasteiger partial charge in [-0.15, -0.1) is 0 Å². The fourth-order valence-electron chi connectivity index (χ4n) is 2.76. The topological polar surface area (TPSA) is 78.3 Å². The van der Waals surface area contributed by atoms with Gasteiger partial charge in [-0.2, -0.15) is 0 Å². The van der Waals surface area contributed by atoms with E-state index in [1.165, 1.54) is 25.7 Å². The van der Waals surface area contributed by atoms with Gasteiger partial charge in [0, 0.05) is 16.1 Å². The van der Waals surface area contributed by atoms with Gasteiger partial charge in [-0.25, -0.2) is 0 Å². The van der Waals surface area contributed by atoms with Crippen molar-refractivity contribution in [1.29, 1.82) is 0 Å². The summed E-state index contributed by atoms with van der Waals surface area (Å²) in [5.41, 5.74) is 12.7. The first-order valence-electron chi connectivity index (χ1n) is 7.45. The molecular weight excluding hydrogens is 288 g/mol. The molecule has 1 saturated carbocycles. The predicted octanol–water partition coefficient (Wildman–Crippen LogP) is 3.01. The lowest BCUT2D eigenvalue weighted by Crippen LogP contribution is -2.43. The van der Waals surface area contributed by atoms with Gasteiger partial charge in [-0.3, -0.25) is 4.79 Å². The number of hydrogen-bond donors (Lipinski definition) is 2. The molecule has 0 radical (unpaired) electrons. The van der Waals surface area contributed by atoms with Gasteiger partial charge in [0.05, 0.1) is 13.2 Å². The normalized spacial score (nSPS) is 18.2. The van der Waals surface area contributed by atoms with Crippen LogP contribution in [0, 0.1) is 0 Å². The maximum absolute atomic E-state index is 11.1. The van der Waals surface area contributed by atoms with Crippen LogP contribution in [0.3, 0.4) is 0 Å². The van der Waals surface area contributed by atoms with Gasteiger partial charge in [0.1, 0.15) is 0 Å². The average Bonchev–Trinajstić information content (AvgIpc) is 2.65. The number of hydrogen-bond acceptors (Lipinski definition) is 3. The molecule has 1 aromatic carbocycles. The molecule has 1 aliphatic rings. The van der Waals surface area contributed by atoms with Crippen LogP contribution in [0.5, 0.6) is 0 Å². The molecule has 1 amide bonds. The minimum absolute atomic E-state index is 0.212. The molecule has 0 bridgehead atoms. The van der Waals surface area contributed by atoms with E-state index in [9.17, 15) is 4.79 Å². The van der Waals surface area contributed by atoms with Crippen LogP contribution < -0.4 is 11.5 Å². The van der Waals surface area contributed by atoms with E-state index in [4.69, 9.17) is 27.8 Å². The first-order chi connectivity index (χ1) is 10.0. The largest absolute Gasteiger partial charge is 0.375 e. The second-order valence-electron chi connectivity index (χ2n) is 5.94. The number of benzene rings is 1. The molecular formula is C16H23ClN2O2. The highest BCUT2D eigenvalue weighted by Crippen LogP contribution is 2.26. The van der Waals surface area contributed by atoms with Crippen LogP contribution in [0.25, 0.3) is 0 Å². The van der Waals surface area contributed by atoms with Crippen molar-refractivity contribution < 1.29 is 9.53 Å². The van der Waals surface area contributed by atoms with E-state index in [0.717, 1.165) is 18.4 Å². The molecule has 2 rings (SSSR count). The van der Waals surface area contributed by atoms with Gasteiger partial charge in [0.15, 0.2) is 0 Å². The summed E-state index contributed by atoms with van der Waals surface area (Å²) in [5, 5.41) is 0.498. The Morgan fingerprint density at radius 2 is 1.90 bits per heavy atom. The van der Waals surface area contributed by atoms with Crippen LogP contribution in [-0.2, 0) is 11.3 Å². The fraction of sp³-hybridized carbons (Fsp3) is 0.562. The van der Waals surface area contributed by atoms with Crippen LogP contribution in [0.1, 0.15) is 54.4 Å². The minimum atomic E-state index is -0.483. The third-order valence-electron chi connectivity index (χ3n) is 4.08. The fourth-order valence-corrected chi connectivity index (χ4v) is 2.99. The van der Waals surface area contributed by atoms with Gasteiger partial charge in [-0.05, 0) is 30.5 Å². The molecule has 1 aliphatic carbocycles. The van der Waals surface area contributed by atoms with Gasteiger partial charge < -0.3 is 16.2 Å². The van der Waals surface area contributed by atoms with Crippen molar-refractivity contribution >= 4 is 17.5 Å². The van der Waals surface area contributed by atoms with E-state index in [-0.39, 0.29) is 5.54 Å². The SMILES string of the molecule is NC(=O)c1ccc(COCC2(N)CCCCCC2)c(Cl)c1. The number of halogens is 1. The van der Waals surface area contributed by atoms with E-state index in [0.29, 0.717) is 23.8 Å².